The van der Waals surface area contributed by atoms with E-state index >= 15 is 0 Å². The van der Waals surface area contributed by atoms with Crippen LogP contribution in [-0.2, 0) is 4.79 Å². The minimum Gasteiger partial charge on any atom is -0.389 e. The Balaban J connectivity index is 3.17. The molecule has 0 aromatic heterocycles. The van der Waals surface area contributed by atoms with E-state index in [0.29, 0.717) is 13.0 Å². The zero-order valence-corrected chi connectivity index (χ0v) is 13.1. The van der Waals surface area contributed by atoms with Crippen molar-refractivity contribution in [3.05, 3.63) is 29.3 Å². The Morgan fingerprint density at radius 2 is 1.90 bits per heavy atom. The number of halogens is 2. The van der Waals surface area contributed by atoms with Crippen molar-refractivity contribution in [2.24, 2.45) is 5.73 Å². The van der Waals surface area contributed by atoms with Crippen molar-refractivity contribution in [2.75, 3.05) is 32.1 Å². The number of likely N-dealkylation sites (N-methyl/N-ethyl adjacent to an activating group) is 1. The summed E-state index contributed by atoms with van der Waals surface area (Å²) in [6, 6.07) is 2.73. The molecule has 0 spiro atoms. The summed E-state index contributed by atoms with van der Waals surface area (Å²) in [6.45, 7) is 2.30. The Bertz CT molecular complexity index is 549. The van der Waals surface area contributed by atoms with E-state index in [-0.39, 0.29) is 28.7 Å². The zero-order valence-electron chi connectivity index (χ0n) is 12.3. The molecule has 1 aromatic carbocycles. The number of carbonyl (C=O) groups excluding carboxylic acids is 1. The minimum absolute atomic E-state index is 0.0242. The molecule has 0 saturated heterocycles. The molecule has 1 amide bonds. The molecule has 1 aromatic rings. The van der Waals surface area contributed by atoms with Gasteiger partial charge in [-0.05, 0) is 18.6 Å². The Hall–Kier alpha value is -1.76. The van der Waals surface area contributed by atoms with Crippen LogP contribution in [0.4, 0.5) is 14.5 Å². The van der Waals surface area contributed by atoms with E-state index in [1.54, 1.807) is 14.1 Å². The SMILES string of the molecule is CCCN(CC(=O)N(C)C)c1ccc(C(N)=S)c(F)c1F. The molecule has 0 radical (unpaired) electrons. The number of benzene rings is 1. The van der Waals surface area contributed by atoms with E-state index in [1.807, 2.05) is 6.92 Å². The second kappa shape index (κ2) is 7.31. The molecule has 2 N–H and O–H groups in total. The van der Waals surface area contributed by atoms with E-state index in [1.165, 1.54) is 21.9 Å². The number of nitrogens with two attached hydrogens (primary N) is 1. The van der Waals surface area contributed by atoms with Crippen LogP contribution in [0.2, 0.25) is 0 Å². The molecule has 7 heteroatoms. The van der Waals surface area contributed by atoms with Gasteiger partial charge in [-0.15, -0.1) is 0 Å². The second-order valence-electron chi connectivity index (χ2n) is 4.83. The topological polar surface area (TPSA) is 49.6 Å². The number of hydrogen-bond donors (Lipinski definition) is 1. The minimum atomic E-state index is -1.08. The molecule has 0 saturated carbocycles. The third kappa shape index (κ3) is 4.10. The van der Waals surface area contributed by atoms with Gasteiger partial charge in [0, 0.05) is 26.2 Å². The van der Waals surface area contributed by atoms with Crippen LogP contribution in [0.25, 0.3) is 0 Å². The van der Waals surface area contributed by atoms with Gasteiger partial charge in [0.1, 0.15) is 4.99 Å². The standard InChI is InChI=1S/C14H19F2N3OS/c1-4-7-19(8-11(20)18(2)3)10-6-5-9(14(17)21)12(15)13(10)16/h5-6H,4,7-8H2,1-3H3,(H2,17,21). The Kier molecular flexibility index (Phi) is 6.02. The summed E-state index contributed by atoms with van der Waals surface area (Å²) in [7, 11) is 3.22. The van der Waals surface area contributed by atoms with Crippen LogP contribution in [0.5, 0.6) is 0 Å². The molecule has 0 atom stereocenters. The quantitative estimate of drug-likeness (QED) is 0.815. The van der Waals surface area contributed by atoms with Crippen molar-refractivity contribution in [2.45, 2.75) is 13.3 Å². The van der Waals surface area contributed by atoms with E-state index in [2.05, 4.69) is 12.2 Å². The molecule has 0 bridgehead atoms. The molecule has 0 aliphatic carbocycles. The average molecular weight is 315 g/mol. The lowest BCUT2D eigenvalue weighted by Gasteiger charge is -2.26. The lowest BCUT2D eigenvalue weighted by Crippen LogP contribution is -2.37. The van der Waals surface area contributed by atoms with Crippen LogP contribution in [-0.4, -0.2) is 43.0 Å². The fourth-order valence-corrected chi connectivity index (χ4v) is 1.99. The molecule has 116 valence electrons. The fourth-order valence-electron chi connectivity index (χ4n) is 1.83. The second-order valence-corrected chi connectivity index (χ2v) is 5.27. The Morgan fingerprint density at radius 3 is 2.38 bits per heavy atom. The molecule has 0 unspecified atom stereocenters. The van der Waals surface area contributed by atoms with Gasteiger partial charge in [-0.1, -0.05) is 19.1 Å². The van der Waals surface area contributed by atoms with Gasteiger partial charge < -0.3 is 15.5 Å². The van der Waals surface area contributed by atoms with E-state index < -0.39 is 11.6 Å². The van der Waals surface area contributed by atoms with Gasteiger partial charge >= 0.3 is 0 Å². The van der Waals surface area contributed by atoms with E-state index in [0.717, 1.165) is 0 Å². The number of anilines is 1. The third-order valence-corrected chi connectivity index (χ3v) is 3.21. The molecule has 0 fully saturated rings. The van der Waals surface area contributed by atoms with Crippen molar-refractivity contribution < 1.29 is 13.6 Å². The molecular formula is C14H19F2N3OS. The van der Waals surface area contributed by atoms with Crippen molar-refractivity contribution in [3.8, 4) is 0 Å². The normalized spacial score (nSPS) is 10.3. The summed E-state index contributed by atoms with van der Waals surface area (Å²) < 4.78 is 28.1. The smallest absolute Gasteiger partial charge is 0.241 e. The van der Waals surface area contributed by atoms with Gasteiger partial charge in [-0.2, -0.15) is 0 Å². The lowest BCUT2D eigenvalue weighted by atomic mass is 10.1. The first kappa shape index (κ1) is 17.3. The molecule has 0 aliphatic rings. The number of thiocarbonyl (C=S) groups is 1. The van der Waals surface area contributed by atoms with Gasteiger partial charge in [0.2, 0.25) is 5.91 Å². The zero-order chi connectivity index (χ0) is 16.2. The third-order valence-electron chi connectivity index (χ3n) is 2.99. The lowest BCUT2D eigenvalue weighted by molar-refractivity contribution is -0.127. The summed E-state index contributed by atoms with van der Waals surface area (Å²) in [6.07, 6.45) is 0.693. The molecule has 0 aliphatic heterocycles. The van der Waals surface area contributed by atoms with E-state index in [9.17, 15) is 13.6 Å². The highest BCUT2D eigenvalue weighted by Crippen LogP contribution is 2.24. The summed E-state index contributed by atoms with van der Waals surface area (Å²) >= 11 is 4.67. The molecular weight excluding hydrogens is 296 g/mol. The van der Waals surface area contributed by atoms with Gasteiger partial charge in [0.05, 0.1) is 12.2 Å². The summed E-state index contributed by atoms with van der Waals surface area (Å²) in [4.78, 5) is 14.5. The maximum absolute atomic E-state index is 14.2. The number of hydrogen-bond acceptors (Lipinski definition) is 3. The van der Waals surface area contributed by atoms with Crippen LogP contribution >= 0.6 is 12.2 Å². The van der Waals surface area contributed by atoms with Crippen LogP contribution in [0, 0.1) is 11.6 Å². The number of rotatable bonds is 6. The predicted molar refractivity (Wildman–Crippen MR) is 83.4 cm³/mol. The average Bonchev–Trinajstić information content (AvgIpc) is 2.40. The van der Waals surface area contributed by atoms with Crippen molar-refractivity contribution in [1.82, 2.24) is 4.90 Å². The van der Waals surface area contributed by atoms with E-state index in [4.69, 9.17) is 5.73 Å². The highest BCUT2D eigenvalue weighted by molar-refractivity contribution is 7.80. The maximum atomic E-state index is 14.2. The number of amides is 1. The Labute approximate surface area is 128 Å². The highest BCUT2D eigenvalue weighted by Gasteiger charge is 2.21. The molecule has 21 heavy (non-hydrogen) atoms. The fraction of sp³-hybridized carbons (Fsp3) is 0.429. The van der Waals surface area contributed by atoms with Gasteiger partial charge in [0.15, 0.2) is 11.6 Å². The molecule has 1 rings (SSSR count). The summed E-state index contributed by atoms with van der Waals surface area (Å²) in [5.74, 6) is -2.32. The highest BCUT2D eigenvalue weighted by atomic mass is 32.1. The van der Waals surface area contributed by atoms with Crippen molar-refractivity contribution in [3.63, 3.8) is 0 Å². The molecule has 0 heterocycles. The number of carbonyl (C=O) groups is 1. The largest absolute Gasteiger partial charge is 0.389 e. The van der Waals surface area contributed by atoms with Gasteiger partial charge in [0.25, 0.3) is 0 Å². The predicted octanol–water partition coefficient (Wildman–Crippen LogP) is 1.90. The first-order valence-corrected chi connectivity index (χ1v) is 6.93. The summed E-state index contributed by atoms with van der Waals surface area (Å²) in [5.41, 5.74) is 5.23. The van der Waals surface area contributed by atoms with Crippen LogP contribution in [0.3, 0.4) is 0 Å². The first-order chi connectivity index (χ1) is 9.79. The van der Waals surface area contributed by atoms with Crippen molar-refractivity contribution in [1.29, 1.82) is 0 Å². The van der Waals surface area contributed by atoms with Crippen LogP contribution < -0.4 is 10.6 Å². The monoisotopic (exact) mass is 315 g/mol. The van der Waals surface area contributed by atoms with Crippen molar-refractivity contribution >= 4 is 28.8 Å². The van der Waals surface area contributed by atoms with Crippen LogP contribution in [0.1, 0.15) is 18.9 Å². The van der Waals surface area contributed by atoms with Gasteiger partial charge in [-0.3, -0.25) is 4.79 Å². The Morgan fingerprint density at radius 1 is 1.29 bits per heavy atom. The van der Waals surface area contributed by atoms with Gasteiger partial charge in [-0.25, -0.2) is 8.78 Å². The van der Waals surface area contributed by atoms with Crippen LogP contribution in [0.15, 0.2) is 12.1 Å². The summed E-state index contributed by atoms with van der Waals surface area (Å²) in [5, 5.41) is 0. The maximum Gasteiger partial charge on any atom is 0.241 e. The number of nitrogens with zero attached hydrogens (tertiary/aromatic N) is 2. The first-order valence-electron chi connectivity index (χ1n) is 6.52. The molecule has 4 nitrogen and oxygen atoms in total.